The lowest BCUT2D eigenvalue weighted by molar-refractivity contribution is 0.284. The van der Waals surface area contributed by atoms with E-state index in [1.54, 1.807) is 19.2 Å². The van der Waals surface area contributed by atoms with Crippen LogP contribution >= 0.6 is 12.6 Å². The van der Waals surface area contributed by atoms with Crippen molar-refractivity contribution in [1.29, 1.82) is 0 Å². The number of ether oxygens (including phenoxy) is 2. The van der Waals surface area contributed by atoms with Crippen LogP contribution in [0.25, 0.3) is 22.2 Å². The normalized spacial score (nSPS) is 10.6. The second-order valence-electron chi connectivity index (χ2n) is 8.53. The van der Waals surface area contributed by atoms with Crippen molar-refractivity contribution in [3.05, 3.63) is 96.3 Å². The largest absolute Gasteiger partial charge is 0.493 e. The van der Waals surface area contributed by atoms with Crippen molar-refractivity contribution in [3.63, 3.8) is 0 Å². The van der Waals surface area contributed by atoms with Crippen LogP contribution in [0.4, 0.5) is 15.9 Å². The van der Waals surface area contributed by atoms with E-state index in [4.69, 9.17) is 13.9 Å². The third-order valence-electron chi connectivity index (χ3n) is 5.88. The molecule has 0 saturated carbocycles. The van der Waals surface area contributed by atoms with Crippen LogP contribution in [0.3, 0.4) is 0 Å². The van der Waals surface area contributed by atoms with Gasteiger partial charge in [0, 0.05) is 35.0 Å². The van der Waals surface area contributed by atoms with E-state index in [1.807, 2.05) is 62.4 Å². The minimum atomic E-state index is -0.299. The molecule has 5 rings (SSSR count). The molecule has 2 aromatic heterocycles. The van der Waals surface area contributed by atoms with Crippen molar-refractivity contribution in [2.24, 2.45) is 0 Å². The van der Waals surface area contributed by atoms with Gasteiger partial charge in [-0.25, -0.2) is 14.4 Å². The van der Waals surface area contributed by atoms with Crippen LogP contribution in [0, 0.1) is 5.82 Å². The smallest absolute Gasteiger partial charge is 0.162 e. The quantitative estimate of drug-likeness (QED) is 0.115. The Kier molecular flexibility index (Phi) is 10.4. The molecule has 0 aliphatic rings. The molecule has 2 N–H and O–H groups in total. The van der Waals surface area contributed by atoms with Gasteiger partial charge in [-0.15, -0.1) is 0 Å². The van der Waals surface area contributed by atoms with Gasteiger partial charge in [0.1, 0.15) is 36.1 Å². The molecule has 2 heterocycles. The Morgan fingerprint density at radius 1 is 0.950 bits per heavy atom. The van der Waals surface area contributed by atoms with E-state index in [1.165, 1.54) is 18.5 Å². The lowest BCUT2D eigenvalue weighted by atomic mass is 10.1. The Labute approximate surface area is 239 Å². The summed E-state index contributed by atoms with van der Waals surface area (Å²) in [6, 6.07) is 21.7. The molecule has 0 radical (unpaired) electrons. The van der Waals surface area contributed by atoms with Crippen molar-refractivity contribution in [2.45, 2.75) is 27.0 Å². The first-order valence-corrected chi connectivity index (χ1v) is 13.7. The zero-order valence-electron chi connectivity index (χ0n) is 22.8. The first-order chi connectivity index (χ1) is 19.6. The summed E-state index contributed by atoms with van der Waals surface area (Å²) in [4.78, 5) is 8.89. The number of fused-ring (bicyclic) bond motifs is 1. The summed E-state index contributed by atoms with van der Waals surface area (Å²) in [6.45, 7) is 5.68. The van der Waals surface area contributed by atoms with Gasteiger partial charge >= 0.3 is 0 Å². The lowest BCUT2D eigenvalue weighted by Crippen LogP contribution is -2.15. The number of thiol groups is 1. The second-order valence-corrected chi connectivity index (χ2v) is 8.98. The molecule has 0 fully saturated rings. The summed E-state index contributed by atoms with van der Waals surface area (Å²) >= 11 is 4.22. The van der Waals surface area contributed by atoms with E-state index in [2.05, 4.69) is 33.2 Å². The van der Waals surface area contributed by atoms with E-state index in [0.717, 1.165) is 51.5 Å². The highest BCUT2D eigenvalue weighted by molar-refractivity contribution is 7.80. The van der Waals surface area contributed by atoms with Gasteiger partial charge in [-0.3, -0.25) is 0 Å². The zero-order chi connectivity index (χ0) is 28.3. The standard InChI is InChI=1S/C29H27FN4O3S.C2H6/c1-35-28-15-22(6-9-27(28)36-17-19-3-2-4-21(30)13-19)34-29-24-14-20(5-8-25(24)32-18-33-29)26-10-7-23(37-26)16-31-11-12-38;1-2/h2-10,13-15,18,31,38H,11-12,16-17H2,1H3,(H,32,33,34);1-2H3. The summed E-state index contributed by atoms with van der Waals surface area (Å²) in [7, 11) is 1.58. The molecule has 0 spiro atoms. The molecule has 0 aliphatic carbocycles. The summed E-state index contributed by atoms with van der Waals surface area (Å²) in [5, 5.41) is 7.49. The van der Waals surface area contributed by atoms with E-state index >= 15 is 0 Å². The van der Waals surface area contributed by atoms with Crippen LogP contribution in [0.1, 0.15) is 25.2 Å². The molecule has 0 saturated heterocycles. The van der Waals surface area contributed by atoms with Gasteiger partial charge in [-0.1, -0.05) is 26.0 Å². The SMILES string of the molecule is CC.COc1cc(Nc2ncnc3ccc(-c4ccc(CNCCS)o4)cc23)ccc1OCc1cccc(F)c1. The molecule has 40 heavy (non-hydrogen) atoms. The Balaban J connectivity index is 0.00000181. The fraction of sp³-hybridized carbons (Fsp3) is 0.226. The molecule has 5 aromatic rings. The van der Waals surface area contributed by atoms with Crippen molar-refractivity contribution < 1.29 is 18.3 Å². The molecule has 9 heteroatoms. The number of hydrogen-bond donors (Lipinski definition) is 3. The number of methoxy groups -OCH3 is 1. The maximum Gasteiger partial charge on any atom is 0.162 e. The van der Waals surface area contributed by atoms with E-state index in [0.29, 0.717) is 23.9 Å². The molecule has 0 bridgehead atoms. The number of aromatic nitrogens is 2. The molecule has 0 amide bonds. The van der Waals surface area contributed by atoms with E-state index in [9.17, 15) is 4.39 Å². The van der Waals surface area contributed by atoms with Crippen molar-refractivity contribution in [3.8, 4) is 22.8 Å². The monoisotopic (exact) mass is 560 g/mol. The number of halogens is 1. The Bertz CT molecular complexity index is 1540. The fourth-order valence-electron chi connectivity index (χ4n) is 4.02. The van der Waals surface area contributed by atoms with Crippen molar-refractivity contribution in [2.75, 3.05) is 24.7 Å². The molecular weight excluding hydrogens is 527 g/mol. The molecule has 0 atom stereocenters. The minimum absolute atomic E-state index is 0.222. The van der Waals surface area contributed by atoms with Gasteiger partial charge in [-0.2, -0.15) is 12.6 Å². The van der Waals surface area contributed by atoms with Gasteiger partial charge in [-0.05, 0) is 60.2 Å². The van der Waals surface area contributed by atoms with Crippen LogP contribution < -0.4 is 20.1 Å². The van der Waals surface area contributed by atoms with Gasteiger partial charge in [0.2, 0.25) is 0 Å². The number of anilines is 2. The Hall–Kier alpha value is -4.08. The molecule has 7 nitrogen and oxygen atoms in total. The topological polar surface area (TPSA) is 81.4 Å². The summed E-state index contributed by atoms with van der Waals surface area (Å²) < 4.78 is 30.9. The number of hydrogen-bond acceptors (Lipinski definition) is 8. The predicted molar refractivity (Wildman–Crippen MR) is 161 cm³/mol. The summed E-state index contributed by atoms with van der Waals surface area (Å²) in [5.41, 5.74) is 3.22. The van der Waals surface area contributed by atoms with E-state index in [-0.39, 0.29) is 12.4 Å². The van der Waals surface area contributed by atoms with Crippen LogP contribution in [0.2, 0.25) is 0 Å². The highest BCUT2D eigenvalue weighted by Crippen LogP contribution is 2.34. The van der Waals surface area contributed by atoms with Gasteiger partial charge < -0.3 is 24.5 Å². The van der Waals surface area contributed by atoms with Crippen molar-refractivity contribution in [1.82, 2.24) is 15.3 Å². The first kappa shape index (κ1) is 28.9. The Morgan fingerprint density at radius 3 is 2.62 bits per heavy atom. The maximum atomic E-state index is 13.5. The average molecular weight is 561 g/mol. The Morgan fingerprint density at radius 2 is 1.82 bits per heavy atom. The molecule has 0 unspecified atom stereocenters. The summed E-state index contributed by atoms with van der Waals surface area (Å²) in [5.74, 6) is 3.84. The van der Waals surface area contributed by atoms with Gasteiger partial charge in [0.05, 0.1) is 19.2 Å². The molecule has 3 aromatic carbocycles. The number of rotatable bonds is 11. The third kappa shape index (κ3) is 7.31. The average Bonchev–Trinajstić information content (AvgIpc) is 3.46. The maximum absolute atomic E-state index is 13.5. The van der Waals surface area contributed by atoms with E-state index < -0.39 is 0 Å². The van der Waals surface area contributed by atoms with Gasteiger partial charge in [0.15, 0.2) is 11.5 Å². The van der Waals surface area contributed by atoms with Crippen LogP contribution in [-0.2, 0) is 13.2 Å². The third-order valence-corrected chi connectivity index (χ3v) is 6.10. The van der Waals surface area contributed by atoms with Crippen LogP contribution in [0.15, 0.2) is 83.5 Å². The highest BCUT2D eigenvalue weighted by atomic mass is 32.1. The first-order valence-electron chi connectivity index (χ1n) is 13.1. The molecule has 0 aliphatic heterocycles. The van der Waals surface area contributed by atoms with Crippen molar-refractivity contribution >= 4 is 35.0 Å². The van der Waals surface area contributed by atoms with Gasteiger partial charge in [0.25, 0.3) is 0 Å². The minimum Gasteiger partial charge on any atom is -0.493 e. The number of benzene rings is 3. The van der Waals surface area contributed by atoms with Crippen LogP contribution in [0.5, 0.6) is 11.5 Å². The number of furan rings is 1. The number of nitrogens with zero attached hydrogens (tertiary/aromatic N) is 2. The fourth-order valence-corrected chi connectivity index (χ4v) is 4.18. The number of nitrogens with one attached hydrogen (secondary N) is 2. The molecule has 208 valence electrons. The van der Waals surface area contributed by atoms with Crippen LogP contribution in [-0.4, -0.2) is 29.4 Å². The summed E-state index contributed by atoms with van der Waals surface area (Å²) in [6.07, 6.45) is 1.52. The highest BCUT2D eigenvalue weighted by Gasteiger charge is 2.12. The molecular formula is C31H33FN4O3S. The second kappa shape index (κ2) is 14.3. The lowest BCUT2D eigenvalue weighted by Gasteiger charge is -2.14. The predicted octanol–water partition coefficient (Wildman–Crippen LogP) is 7.41. The zero-order valence-corrected chi connectivity index (χ0v) is 23.7.